The largest absolute Gasteiger partial charge is 0.397 e. The molecule has 0 saturated carbocycles. The van der Waals surface area contributed by atoms with Crippen LogP contribution < -0.4 is 11.1 Å². The van der Waals surface area contributed by atoms with Gasteiger partial charge in [0.1, 0.15) is 0 Å². The van der Waals surface area contributed by atoms with Crippen LogP contribution in [0.2, 0.25) is 0 Å². The monoisotopic (exact) mass is 236 g/mol. The lowest BCUT2D eigenvalue weighted by molar-refractivity contribution is 0.191. The number of hydrogen-bond donors (Lipinski definition) is 2. The summed E-state index contributed by atoms with van der Waals surface area (Å²) >= 11 is 0. The van der Waals surface area contributed by atoms with Crippen LogP contribution >= 0.6 is 0 Å². The molecule has 6 heteroatoms. The number of ether oxygens (including phenoxy) is 1. The molecule has 1 heterocycles. The molecule has 2 rings (SSSR count). The lowest BCUT2D eigenvalue weighted by Gasteiger charge is -2.14. The van der Waals surface area contributed by atoms with Crippen molar-refractivity contribution in [3.63, 3.8) is 0 Å². The molecular formula is C11H16N4O2. The summed E-state index contributed by atoms with van der Waals surface area (Å²) in [6.45, 7) is 2.79. The predicted molar refractivity (Wildman–Crippen MR) is 65.8 cm³/mol. The van der Waals surface area contributed by atoms with E-state index < -0.39 is 0 Å². The van der Waals surface area contributed by atoms with Crippen molar-refractivity contribution in [1.82, 2.24) is 10.3 Å². The highest BCUT2D eigenvalue weighted by Crippen LogP contribution is 2.25. The van der Waals surface area contributed by atoms with Gasteiger partial charge in [0.25, 0.3) is 0 Å². The lowest BCUT2D eigenvalue weighted by Crippen LogP contribution is -2.17. The van der Waals surface area contributed by atoms with Crippen LogP contribution in [0.15, 0.2) is 16.8 Å². The van der Waals surface area contributed by atoms with Crippen LogP contribution in [-0.2, 0) is 4.74 Å². The minimum atomic E-state index is 0.276. The standard InChI is InChI=1S/C11H16N4O2/c1-7(5-6-16-2)13-9-4-3-8(12)10-11(9)15-17-14-10/h3-4,7,13H,5-6,12H2,1-2H3. The molecule has 0 fully saturated rings. The fourth-order valence-electron chi connectivity index (χ4n) is 1.63. The highest BCUT2D eigenvalue weighted by Gasteiger charge is 2.11. The van der Waals surface area contributed by atoms with Crippen LogP contribution in [0.5, 0.6) is 0 Å². The average molecular weight is 236 g/mol. The number of nitrogens with one attached hydrogen (secondary N) is 1. The SMILES string of the molecule is COCCC(C)Nc1ccc(N)c2nonc12. The van der Waals surface area contributed by atoms with Crippen molar-refractivity contribution in [2.24, 2.45) is 0 Å². The minimum Gasteiger partial charge on any atom is -0.397 e. The minimum absolute atomic E-state index is 0.276. The number of benzene rings is 1. The second-order valence-corrected chi connectivity index (χ2v) is 3.99. The van der Waals surface area contributed by atoms with Gasteiger partial charge in [0, 0.05) is 19.8 Å². The number of fused-ring (bicyclic) bond motifs is 1. The Bertz CT molecular complexity index is 497. The zero-order valence-corrected chi connectivity index (χ0v) is 9.93. The smallest absolute Gasteiger partial charge is 0.160 e. The van der Waals surface area contributed by atoms with Gasteiger partial charge < -0.3 is 15.8 Å². The number of nitrogens with zero attached hydrogens (tertiary/aromatic N) is 2. The summed E-state index contributed by atoms with van der Waals surface area (Å²) in [6.07, 6.45) is 0.910. The molecule has 0 bridgehead atoms. The summed E-state index contributed by atoms with van der Waals surface area (Å²) in [5.74, 6) is 0. The Labute approximate surface area is 99.1 Å². The van der Waals surface area contributed by atoms with E-state index in [0.717, 1.165) is 12.1 Å². The van der Waals surface area contributed by atoms with Gasteiger partial charge in [0.2, 0.25) is 0 Å². The number of nitrogen functional groups attached to an aromatic ring is 1. The molecule has 0 aliphatic rings. The van der Waals surface area contributed by atoms with Crippen LogP contribution in [-0.4, -0.2) is 30.1 Å². The molecule has 1 unspecified atom stereocenters. The summed E-state index contributed by atoms with van der Waals surface area (Å²) in [5.41, 5.74) is 8.46. The highest BCUT2D eigenvalue weighted by molar-refractivity contribution is 5.94. The number of rotatable bonds is 5. The van der Waals surface area contributed by atoms with E-state index in [1.165, 1.54) is 0 Å². The molecule has 1 atom stereocenters. The van der Waals surface area contributed by atoms with Crippen molar-refractivity contribution in [1.29, 1.82) is 0 Å². The molecule has 92 valence electrons. The van der Waals surface area contributed by atoms with Gasteiger partial charge >= 0.3 is 0 Å². The summed E-state index contributed by atoms with van der Waals surface area (Å²) in [6, 6.07) is 3.95. The maximum absolute atomic E-state index is 5.77. The van der Waals surface area contributed by atoms with Gasteiger partial charge in [0.05, 0.1) is 11.4 Å². The summed E-state index contributed by atoms with van der Waals surface area (Å²) in [7, 11) is 1.69. The first kappa shape index (κ1) is 11.7. The van der Waals surface area contributed by atoms with Crippen LogP contribution in [0.1, 0.15) is 13.3 Å². The third kappa shape index (κ3) is 2.47. The van der Waals surface area contributed by atoms with Crippen molar-refractivity contribution >= 4 is 22.4 Å². The van der Waals surface area contributed by atoms with Crippen LogP contribution in [0.4, 0.5) is 11.4 Å². The Morgan fingerprint density at radius 2 is 2.18 bits per heavy atom. The van der Waals surface area contributed by atoms with E-state index in [0.29, 0.717) is 23.3 Å². The first-order chi connectivity index (χ1) is 8.22. The third-order valence-corrected chi connectivity index (χ3v) is 2.60. The van der Waals surface area contributed by atoms with Gasteiger partial charge in [-0.2, -0.15) is 0 Å². The van der Waals surface area contributed by atoms with Crippen LogP contribution in [0.3, 0.4) is 0 Å². The van der Waals surface area contributed by atoms with Crippen molar-refractivity contribution in [3.8, 4) is 0 Å². The lowest BCUT2D eigenvalue weighted by atomic mass is 10.2. The molecule has 3 N–H and O–H groups in total. The van der Waals surface area contributed by atoms with E-state index in [1.54, 1.807) is 13.2 Å². The van der Waals surface area contributed by atoms with E-state index in [9.17, 15) is 0 Å². The fraction of sp³-hybridized carbons (Fsp3) is 0.455. The molecule has 6 nitrogen and oxygen atoms in total. The molecule has 0 radical (unpaired) electrons. The Morgan fingerprint density at radius 3 is 2.94 bits per heavy atom. The van der Waals surface area contributed by atoms with Crippen LogP contribution in [0.25, 0.3) is 11.0 Å². The maximum Gasteiger partial charge on any atom is 0.160 e. The molecule has 0 aliphatic heterocycles. The van der Waals surface area contributed by atoms with E-state index in [-0.39, 0.29) is 6.04 Å². The number of aromatic nitrogens is 2. The summed E-state index contributed by atoms with van der Waals surface area (Å²) < 4.78 is 9.74. The van der Waals surface area contributed by atoms with Gasteiger partial charge in [-0.25, -0.2) is 4.63 Å². The Balaban J connectivity index is 2.18. The highest BCUT2D eigenvalue weighted by atomic mass is 16.6. The molecule has 1 aromatic heterocycles. The van der Waals surface area contributed by atoms with Gasteiger partial charge in [-0.05, 0) is 35.8 Å². The van der Waals surface area contributed by atoms with E-state index in [4.69, 9.17) is 15.1 Å². The van der Waals surface area contributed by atoms with E-state index >= 15 is 0 Å². The molecule has 0 aliphatic carbocycles. The first-order valence-electron chi connectivity index (χ1n) is 5.48. The second-order valence-electron chi connectivity index (χ2n) is 3.99. The number of hydrogen-bond acceptors (Lipinski definition) is 6. The maximum atomic E-state index is 5.77. The van der Waals surface area contributed by atoms with Gasteiger partial charge in [-0.1, -0.05) is 0 Å². The molecule has 1 aromatic carbocycles. The Hall–Kier alpha value is -1.82. The number of methoxy groups -OCH3 is 1. The van der Waals surface area contributed by atoms with Crippen LogP contribution in [0, 0.1) is 0 Å². The normalized spacial score (nSPS) is 12.8. The average Bonchev–Trinajstić information content (AvgIpc) is 2.80. The zero-order chi connectivity index (χ0) is 12.3. The molecule has 2 aromatic rings. The summed E-state index contributed by atoms with van der Waals surface area (Å²) in [4.78, 5) is 0. The first-order valence-corrected chi connectivity index (χ1v) is 5.48. The fourth-order valence-corrected chi connectivity index (χ4v) is 1.63. The molecular weight excluding hydrogens is 220 g/mol. The van der Waals surface area contributed by atoms with E-state index in [1.807, 2.05) is 6.07 Å². The molecule has 0 saturated heterocycles. The summed E-state index contributed by atoms with van der Waals surface area (Å²) in [5, 5.41) is 11.0. The molecule has 0 amide bonds. The topological polar surface area (TPSA) is 86.2 Å². The molecule has 17 heavy (non-hydrogen) atoms. The van der Waals surface area contributed by atoms with Crippen molar-refractivity contribution in [2.75, 3.05) is 24.8 Å². The van der Waals surface area contributed by atoms with Gasteiger partial charge in [-0.3, -0.25) is 0 Å². The van der Waals surface area contributed by atoms with Crippen molar-refractivity contribution in [2.45, 2.75) is 19.4 Å². The van der Waals surface area contributed by atoms with Crippen molar-refractivity contribution in [3.05, 3.63) is 12.1 Å². The predicted octanol–water partition coefficient (Wildman–Crippen LogP) is 1.64. The van der Waals surface area contributed by atoms with Gasteiger partial charge in [0.15, 0.2) is 11.0 Å². The van der Waals surface area contributed by atoms with Crippen molar-refractivity contribution < 1.29 is 9.37 Å². The number of anilines is 2. The van der Waals surface area contributed by atoms with E-state index in [2.05, 4.69) is 22.6 Å². The Morgan fingerprint density at radius 1 is 1.41 bits per heavy atom. The Kier molecular flexibility index (Phi) is 3.43. The third-order valence-electron chi connectivity index (χ3n) is 2.60. The quantitative estimate of drug-likeness (QED) is 0.767. The molecule has 0 spiro atoms. The number of nitrogens with two attached hydrogens (primary N) is 1. The van der Waals surface area contributed by atoms with Gasteiger partial charge in [-0.15, -0.1) is 0 Å². The zero-order valence-electron chi connectivity index (χ0n) is 9.93. The second kappa shape index (κ2) is 5.01.